The molecule has 1 heterocycles. The molecule has 0 aliphatic carbocycles. The minimum Gasteiger partial charge on any atom is -0.497 e. The van der Waals surface area contributed by atoms with Gasteiger partial charge in [0.2, 0.25) is 5.91 Å². The molecule has 0 radical (unpaired) electrons. The molecule has 1 unspecified atom stereocenters. The number of hydrogen-bond donors (Lipinski definition) is 1. The van der Waals surface area contributed by atoms with Crippen LogP contribution < -0.4 is 9.64 Å². The maximum atomic E-state index is 12.8. The zero-order valence-corrected chi connectivity index (χ0v) is 13.6. The minimum absolute atomic E-state index is 0.214. The molecule has 2 aromatic rings. The van der Waals surface area contributed by atoms with Crippen LogP contribution in [-0.4, -0.2) is 36.4 Å². The Hall–Kier alpha value is -3.15. The Morgan fingerprint density at radius 1 is 1.12 bits per heavy atom. The van der Waals surface area contributed by atoms with Gasteiger partial charge in [-0.15, -0.1) is 0 Å². The van der Waals surface area contributed by atoms with Gasteiger partial charge in [0.25, 0.3) is 0 Å². The summed E-state index contributed by atoms with van der Waals surface area (Å²) in [6.07, 6.45) is 0.214. The quantitative estimate of drug-likeness (QED) is 0.844. The number of ketones is 1. The molecule has 0 fully saturated rings. The lowest BCUT2D eigenvalue weighted by atomic mass is 9.85. The van der Waals surface area contributed by atoms with E-state index in [9.17, 15) is 14.4 Å². The van der Waals surface area contributed by atoms with Crippen LogP contribution in [0.4, 0.5) is 5.69 Å². The monoisotopic (exact) mass is 339 g/mol. The predicted molar refractivity (Wildman–Crippen MR) is 90.9 cm³/mol. The van der Waals surface area contributed by atoms with Crippen LogP contribution in [0.15, 0.2) is 48.5 Å². The second-order valence-electron chi connectivity index (χ2n) is 5.80. The van der Waals surface area contributed by atoms with E-state index < -0.39 is 24.3 Å². The molecule has 0 aromatic heterocycles. The summed E-state index contributed by atoms with van der Waals surface area (Å²) in [5.41, 5.74) is 1.54. The number of amides is 1. The number of methoxy groups -OCH3 is 1. The third kappa shape index (κ3) is 3.24. The summed E-state index contributed by atoms with van der Waals surface area (Å²) in [6.45, 7) is -0.470. The van der Waals surface area contributed by atoms with Gasteiger partial charge in [-0.3, -0.25) is 19.3 Å². The Morgan fingerprint density at radius 2 is 1.80 bits per heavy atom. The van der Waals surface area contributed by atoms with Gasteiger partial charge in [-0.2, -0.15) is 0 Å². The Kier molecular flexibility index (Phi) is 4.52. The zero-order valence-electron chi connectivity index (χ0n) is 13.6. The highest BCUT2D eigenvalue weighted by molar-refractivity contribution is 6.22. The number of rotatable bonds is 5. The van der Waals surface area contributed by atoms with Crippen molar-refractivity contribution >= 4 is 23.3 Å². The molecule has 128 valence electrons. The molecule has 3 rings (SSSR count). The Morgan fingerprint density at radius 3 is 2.44 bits per heavy atom. The lowest BCUT2D eigenvalue weighted by Crippen LogP contribution is -2.47. The molecule has 25 heavy (non-hydrogen) atoms. The number of ether oxygens (including phenoxy) is 1. The van der Waals surface area contributed by atoms with Crippen LogP contribution in [0, 0.1) is 5.92 Å². The van der Waals surface area contributed by atoms with Gasteiger partial charge < -0.3 is 9.84 Å². The molecular weight excluding hydrogens is 322 g/mol. The summed E-state index contributed by atoms with van der Waals surface area (Å²) in [5.74, 6) is -2.13. The lowest BCUT2D eigenvalue weighted by Gasteiger charge is -2.32. The zero-order chi connectivity index (χ0) is 18.0. The van der Waals surface area contributed by atoms with Crippen molar-refractivity contribution in [3.63, 3.8) is 0 Å². The van der Waals surface area contributed by atoms with Crippen molar-refractivity contribution < 1.29 is 24.2 Å². The molecule has 2 aromatic carbocycles. The molecule has 1 aliphatic rings. The first-order valence-electron chi connectivity index (χ1n) is 7.80. The van der Waals surface area contributed by atoms with E-state index in [2.05, 4.69) is 0 Å². The number of nitrogens with zero attached hydrogens (tertiary/aromatic N) is 1. The highest BCUT2D eigenvalue weighted by Gasteiger charge is 2.39. The summed E-state index contributed by atoms with van der Waals surface area (Å²) in [5, 5.41) is 9.12. The number of para-hydroxylation sites is 1. The molecule has 1 N–H and O–H groups in total. The van der Waals surface area contributed by atoms with Crippen LogP contribution in [-0.2, 0) is 16.0 Å². The number of carbonyl (C=O) groups is 3. The Balaban J connectivity index is 1.95. The van der Waals surface area contributed by atoms with Crippen molar-refractivity contribution in [2.45, 2.75) is 6.42 Å². The number of aliphatic carboxylic acids is 1. The molecular formula is C19H17NO5. The summed E-state index contributed by atoms with van der Waals surface area (Å²) < 4.78 is 5.10. The van der Waals surface area contributed by atoms with E-state index in [4.69, 9.17) is 9.84 Å². The van der Waals surface area contributed by atoms with Gasteiger partial charge in [0.05, 0.1) is 12.8 Å². The maximum absolute atomic E-state index is 12.8. The van der Waals surface area contributed by atoms with Crippen molar-refractivity contribution in [1.29, 1.82) is 0 Å². The van der Waals surface area contributed by atoms with E-state index in [-0.39, 0.29) is 12.2 Å². The number of carbonyl (C=O) groups excluding carboxylic acids is 2. The molecule has 1 aliphatic heterocycles. The van der Waals surface area contributed by atoms with Crippen molar-refractivity contribution in [1.82, 2.24) is 0 Å². The SMILES string of the molecule is COc1ccc(CC2C(=O)c3ccccc3N(CC(=O)O)C2=O)cc1. The van der Waals surface area contributed by atoms with E-state index in [1.165, 1.54) is 4.90 Å². The van der Waals surface area contributed by atoms with Gasteiger partial charge in [-0.05, 0) is 36.2 Å². The predicted octanol–water partition coefficient (Wildman–Crippen LogP) is 2.17. The van der Waals surface area contributed by atoms with Crippen LogP contribution in [0.25, 0.3) is 0 Å². The van der Waals surface area contributed by atoms with Gasteiger partial charge in [-0.1, -0.05) is 24.3 Å². The molecule has 0 saturated heterocycles. The number of carboxylic acids is 1. The van der Waals surface area contributed by atoms with Crippen molar-refractivity contribution in [3.8, 4) is 5.75 Å². The van der Waals surface area contributed by atoms with Crippen LogP contribution in [0.3, 0.4) is 0 Å². The van der Waals surface area contributed by atoms with E-state index in [1.54, 1.807) is 55.6 Å². The molecule has 6 nitrogen and oxygen atoms in total. The fourth-order valence-electron chi connectivity index (χ4n) is 3.00. The number of hydrogen-bond acceptors (Lipinski definition) is 4. The number of benzene rings is 2. The fourth-order valence-corrected chi connectivity index (χ4v) is 3.00. The molecule has 1 amide bonds. The van der Waals surface area contributed by atoms with Crippen molar-refractivity contribution in [3.05, 3.63) is 59.7 Å². The highest BCUT2D eigenvalue weighted by Crippen LogP contribution is 2.32. The summed E-state index contributed by atoms with van der Waals surface area (Å²) >= 11 is 0. The number of anilines is 1. The first-order valence-corrected chi connectivity index (χ1v) is 7.80. The topological polar surface area (TPSA) is 83.9 Å². The second kappa shape index (κ2) is 6.76. The van der Waals surface area contributed by atoms with Crippen LogP contribution in [0.2, 0.25) is 0 Å². The molecule has 6 heteroatoms. The Labute approximate surface area is 144 Å². The van der Waals surface area contributed by atoms with Crippen LogP contribution in [0.1, 0.15) is 15.9 Å². The normalized spacial score (nSPS) is 16.5. The molecule has 0 saturated carbocycles. The Bertz CT molecular complexity index is 828. The first-order chi connectivity index (χ1) is 12.0. The molecule has 0 bridgehead atoms. The molecule has 1 atom stereocenters. The third-order valence-electron chi connectivity index (χ3n) is 4.23. The second-order valence-corrected chi connectivity index (χ2v) is 5.80. The first kappa shape index (κ1) is 16.7. The van der Waals surface area contributed by atoms with E-state index in [1.807, 2.05) is 0 Å². The largest absolute Gasteiger partial charge is 0.497 e. The number of carboxylic acid groups (broad SMARTS) is 1. The number of Topliss-reactive ketones (excluding diaryl/α,β-unsaturated/α-hetero) is 1. The van der Waals surface area contributed by atoms with Gasteiger partial charge >= 0.3 is 5.97 Å². The smallest absolute Gasteiger partial charge is 0.323 e. The standard InChI is InChI=1S/C19H17NO5/c1-25-13-8-6-12(7-9-13)10-15-18(23)14-4-2-3-5-16(14)20(19(15)24)11-17(21)22/h2-9,15H,10-11H2,1H3,(H,21,22). The number of fused-ring (bicyclic) bond motifs is 1. The average Bonchev–Trinajstić information content (AvgIpc) is 2.62. The van der Waals surface area contributed by atoms with E-state index in [0.717, 1.165) is 5.56 Å². The van der Waals surface area contributed by atoms with E-state index in [0.29, 0.717) is 17.0 Å². The van der Waals surface area contributed by atoms with E-state index >= 15 is 0 Å². The average molecular weight is 339 g/mol. The molecule has 0 spiro atoms. The minimum atomic E-state index is -1.12. The van der Waals surface area contributed by atoms with Crippen LogP contribution >= 0.6 is 0 Å². The van der Waals surface area contributed by atoms with Gasteiger partial charge in [0, 0.05) is 5.56 Å². The summed E-state index contributed by atoms with van der Waals surface area (Å²) in [6, 6.07) is 13.7. The highest BCUT2D eigenvalue weighted by atomic mass is 16.5. The fraction of sp³-hybridized carbons (Fsp3) is 0.211. The third-order valence-corrected chi connectivity index (χ3v) is 4.23. The summed E-state index contributed by atoms with van der Waals surface area (Å²) in [4.78, 5) is 37.9. The maximum Gasteiger partial charge on any atom is 0.323 e. The lowest BCUT2D eigenvalue weighted by molar-refractivity contribution is -0.137. The van der Waals surface area contributed by atoms with Gasteiger partial charge in [0.1, 0.15) is 18.2 Å². The van der Waals surface area contributed by atoms with Gasteiger partial charge in [0.15, 0.2) is 5.78 Å². The van der Waals surface area contributed by atoms with Gasteiger partial charge in [-0.25, -0.2) is 0 Å². The van der Waals surface area contributed by atoms with Crippen LogP contribution in [0.5, 0.6) is 5.75 Å². The summed E-state index contributed by atoms with van der Waals surface area (Å²) in [7, 11) is 1.56. The van der Waals surface area contributed by atoms with Crippen molar-refractivity contribution in [2.24, 2.45) is 5.92 Å². The van der Waals surface area contributed by atoms with Crippen molar-refractivity contribution in [2.75, 3.05) is 18.6 Å².